The fourth-order valence-corrected chi connectivity index (χ4v) is 2.82. The Morgan fingerprint density at radius 3 is 2.79 bits per heavy atom. The Bertz CT molecular complexity index is 803. The van der Waals surface area contributed by atoms with Crippen molar-refractivity contribution in [3.8, 4) is 6.07 Å². The van der Waals surface area contributed by atoms with Crippen molar-refractivity contribution >= 4 is 11.8 Å². The molecule has 0 saturated carbocycles. The van der Waals surface area contributed by atoms with Crippen LogP contribution in [0.4, 0.5) is 0 Å². The maximum Gasteiger partial charge on any atom is 0.268 e. The van der Waals surface area contributed by atoms with Gasteiger partial charge >= 0.3 is 0 Å². The number of nitrogens with zero attached hydrogens (tertiary/aromatic N) is 2. The molecular formula is C18H18N4O2. The van der Waals surface area contributed by atoms with Crippen LogP contribution in [-0.4, -0.2) is 28.2 Å². The Kier molecular flexibility index (Phi) is 4.62. The van der Waals surface area contributed by atoms with Crippen molar-refractivity contribution in [3.63, 3.8) is 0 Å². The van der Waals surface area contributed by atoms with Crippen molar-refractivity contribution in [3.05, 3.63) is 58.9 Å². The second-order valence-electron chi connectivity index (χ2n) is 5.78. The number of benzene rings is 1. The lowest BCUT2D eigenvalue weighted by Crippen LogP contribution is -2.27. The van der Waals surface area contributed by atoms with Crippen molar-refractivity contribution in [1.29, 1.82) is 5.26 Å². The Morgan fingerprint density at radius 1 is 1.33 bits per heavy atom. The molecule has 1 aliphatic heterocycles. The molecule has 2 N–H and O–H groups in total. The molecule has 1 aromatic heterocycles. The highest BCUT2D eigenvalue weighted by Gasteiger charge is 2.21. The molecular weight excluding hydrogens is 304 g/mol. The quantitative estimate of drug-likeness (QED) is 0.881. The number of amides is 2. The van der Waals surface area contributed by atoms with Crippen LogP contribution < -0.4 is 5.32 Å². The Labute approximate surface area is 140 Å². The van der Waals surface area contributed by atoms with E-state index in [1.807, 2.05) is 35.2 Å². The van der Waals surface area contributed by atoms with Crippen LogP contribution in [0.3, 0.4) is 0 Å². The van der Waals surface area contributed by atoms with Gasteiger partial charge in [0.1, 0.15) is 11.8 Å². The normalized spacial score (nSPS) is 13.8. The van der Waals surface area contributed by atoms with Crippen molar-refractivity contribution in [2.45, 2.75) is 25.9 Å². The van der Waals surface area contributed by atoms with Gasteiger partial charge < -0.3 is 15.2 Å². The smallest absolute Gasteiger partial charge is 0.268 e. The predicted octanol–water partition coefficient (Wildman–Crippen LogP) is 1.94. The van der Waals surface area contributed by atoms with Crippen LogP contribution in [0.15, 0.2) is 36.5 Å². The van der Waals surface area contributed by atoms with Gasteiger partial charge in [-0.3, -0.25) is 9.59 Å². The van der Waals surface area contributed by atoms with Gasteiger partial charge in [0, 0.05) is 32.3 Å². The molecule has 6 heteroatoms. The van der Waals surface area contributed by atoms with E-state index in [2.05, 4.69) is 10.3 Å². The van der Waals surface area contributed by atoms with Gasteiger partial charge in [-0.2, -0.15) is 5.26 Å². The number of carbonyl (C=O) groups excluding carboxylic acids is 2. The lowest BCUT2D eigenvalue weighted by Gasteiger charge is -2.18. The molecule has 0 unspecified atom stereocenters. The van der Waals surface area contributed by atoms with Gasteiger partial charge in [-0.05, 0) is 23.6 Å². The fraction of sp³-hybridized carbons (Fsp3) is 0.278. The second kappa shape index (κ2) is 7.01. The lowest BCUT2D eigenvalue weighted by molar-refractivity contribution is -0.128. The second-order valence-corrected chi connectivity index (χ2v) is 5.78. The average Bonchev–Trinajstić information content (AvgIpc) is 3.23. The first-order chi connectivity index (χ1) is 11.7. The molecule has 6 nitrogen and oxygen atoms in total. The zero-order valence-electron chi connectivity index (χ0n) is 13.2. The number of hydrogen-bond donors (Lipinski definition) is 2. The SMILES string of the molecule is N#Cc1c[nH]c(C(=O)NCc2ccccc2CN2CCCC2=O)c1. The molecule has 0 aliphatic carbocycles. The lowest BCUT2D eigenvalue weighted by atomic mass is 10.1. The summed E-state index contributed by atoms with van der Waals surface area (Å²) in [5.41, 5.74) is 2.81. The van der Waals surface area contributed by atoms with Crippen molar-refractivity contribution < 1.29 is 9.59 Å². The number of H-pyrrole nitrogens is 1. The van der Waals surface area contributed by atoms with E-state index >= 15 is 0 Å². The summed E-state index contributed by atoms with van der Waals surface area (Å²) in [6, 6.07) is 11.3. The molecule has 0 bridgehead atoms. The third-order valence-electron chi connectivity index (χ3n) is 4.15. The summed E-state index contributed by atoms with van der Waals surface area (Å²) < 4.78 is 0. The minimum atomic E-state index is -0.261. The topological polar surface area (TPSA) is 89.0 Å². The summed E-state index contributed by atoms with van der Waals surface area (Å²) in [6.07, 6.45) is 3.03. The van der Waals surface area contributed by atoms with Gasteiger partial charge in [0.15, 0.2) is 0 Å². The molecule has 122 valence electrons. The number of carbonyl (C=O) groups is 2. The standard InChI is InChI=1S/C18H18N4O2/c19-9-13-8-16(20-10-13)18(24)21-11-14-4-1-2-5-15(14)12-22-7-3-6-17(22)23/h1-2,4-5,8,10,20H,3,6-7,11-12H2,(H,21,24). The number of rotatable bonds is 5. The van der Waals surface area contributed by atoms with E-state index in [9.17, 15) is 9.59 Å². The molecule has 1 fully saturated rings. The summed E-state index contributed by atoms with van der Waals surface area (Å²) in [4.78, 5) is 28.6. The van der Waals surface area contributed by atoms with Crippen LogP contribution in [0.2, 0.25) is 0 Å². The number of nitriles is 1. The molecule has 0 spiro atoms. The van der Waals surface area contributed by atoms with E-state index in [1.54, 1.807) is 0 Å². The van der Waals surface area contributed by atoms with Crippen LogP contribution in [-0.2, 0) is 17.9 Å². The highest BCUT2D eigenvalue weighted by atomic mass is 16.2. The molecule has 3 rings (SSSR count). The molecule has 1 aliphatic rings. The Balaban J connectivity index is 1.65. The zero-order valence-corrected chi connectivity index (χ0v) is 13.2. The highest BCUT2D eigenvalue weighted by Crippen LogP contribution is 2.17. The molecule has 1 saturated heterocycles. The number of nitrogens with one attached hydrogen (secondary N) is 2. The summed E-state index contributed by atoms with van der Waals surface area (Å²) in [6.45, 7) is 1.74. The third-order valence-corrected chi connectivity index (χ3v) is 4.15. The van der Waals surface area contributed by atoms with Crippen molar-refractivity contribution in [2.24, 2.45) is 0 Å². The van der Waals surface area contributed by atoms with Gasteiger partial charge in [-0.15, -0.1) is 0 Å². The van der Waals surface area contributed by atoms with E-state index in [0.717, 1.165) is 24.1 Å². The van der Waals surface area contributed by atoms with E-state index in [-0.39, 0.29) is 11.8 Å². The van der Waals surface area contributed by atoms with Gasteiger partial charge in [0.2, 0.25) is 5.91 Å². The summed E-state index contributed by atoms with van der Waals surface area (Å²) in [7, 11) is 0. The monoisotopic (exact) mass is 322 g/mol. The number of likely N-dealkylation sites (tertiary alicyclic amines) is 1. The van der Waals surface area contributed by atoms with Gasteiger partial charge in [-0.25, -0.2) is 0 Å². The molecule has 2 amide bonds. The first-order valence-corrected chi connectivity index (χ1v) is 7.88. The Morgan fingerprint density at radius 2 is 2.12 bits per heavy atom. The molecule has 2 aromatic rings. The molecule has 0 atom stereocenters. The van der Waals surface area contributed by atoms with Crippen LogP contribution in [0, 0.1) is 11.3 Å². The van der Waals surface area contributed by atoms with Crippen molar-refractivity contribution in [2.75, 3.05) is 6.54 Å². The van der Waals surface area contributed by atoms with Crippen LogP contribution in [0.25, 0.3) is 0 Å². The van der Waals surface area contributed by atoms with Crippen LogP contribution in [0.5, 0.6) is 0 Å². The van der Waals surface area contributed by atoms with Gasteiger partial charge in [-0.1, -0.05) is 24.3 Å². The minimum Gasteiger partial charge on any atom is -0.356 e. The van der Waals surface area contributed by atoms with E-state index in [0.29, 0.717) is 30.8 Å². The third kappa shape index (κ3) is 3.46. The summed E-state index contributed by atoms with van der Waals surface area (Å²) >= 11 is 0. The summed E-state index contributed by atoms with van der Waals surface area (Å²) in [5.74, 6) is -0.0761. The summed E-state index contributed by atoms with van der Waals surface area (Å²) in [5, 5.41) is 11.6. The first kappa shape index (κ1) is 15.8. The number of hydrogen-bond acceptors (Lipinski definition) is 3. The predicted molar refractivity (Wildman–Crippen MR) is 87.8 cm³/mol. The maximum absolute atomic E-state index is 12.1. The van der Waals surface area contributed by atoms with Gasteiger partial charge in [0.05, 0.1) is 5.56 Å². The fourth-order valence-electron chi connectivity index (χ4n) is 2.82. The van der Waals surface area contributed by atoms with E-state index < -0.39 is 0 Å². The zero-order chi connectivity index (χ0) is 16.9. The molecule has 2 heterocycles. The highest BCUT2D eigenvalue weighted by molar-refractivity contribution is 5.92. The largest absolute Gasteiger partial charge is 0.356 e. The van der Waals surface area contributed by atoms with Gasteiger partial charge in [0.25, 0.3) is 5.91 Å². The van der Waals surface area contributed by atoms with Crippen LogP contribution in [0.1, 0.15) is 40.0 Å². The first-order valence-electron chi connectivity index (χ1n) is 7.88. The minimum absolute atomic E-state index is 0.184. The molecule has 24 heavy (non-hydrogen) atoms. The Hall–Kier alpha value is -3.07. The van der Waals surface area contributed by atoms with E-state index in [4.69, 9.17) is 5.26 Å². The molecule has 1 aromatic carbocycles. The molecule has 0 radical (unpaired) electrons. The van der Waals surface area contributed by atoms with E-state index in [1.165, 1.54) is 12.3 Å². The van der Waals surface area contributed by atoms with Crippen molar-refractivity contribution in [1.82, 2.24) is 15.2 Å². The van der Waals surface area contributed by atoms with Crippen LogP contribution >= 0.6 is 0 Å². The number of aromatic amines is 1. The number of aromatic nitrogens is 1. The average molecular weight is 322 g/mol. The maximum atomic E-state index is 12.1.